The van der Waals surface area contributed by atoms with Crippen molar-refractivity contribution >= 4 is 11.6 Å². The zero-order chi connectivity index (χ0) is 12.1. The van der Waals surface area contributed by atoms with Gasteiger partial charge in [-0.15, -0.1) is 0 Å². The lowest BCUT2D eigenvalue weighted by Gasteiger charge is -2.03. The maximum Gasteiger partial charge on any atom is 0.291 e. The van der Waals surface area contributed by atoms with Crippen LogP contribution in [0.5, 0.6) is 0 Å². The summed E-state index contributed by atoms with van der Waals surface area (Å²) in [5, 5.41) is 11.2. The van der Waals surface area contributed by atoms with Crippen LogP contribution in [-0.4, -0.2) is 5.91 Å². The largest absolute Gasteiger partial charge is 0.459 e. The molecule has 4 nitrogen and oxygen atoms in total. The average Bonchev–Trinajstić information content (AvgIpc) is 2.86. The summed E-state index contributed by atoms with van der Waals surface area (Å²) < 4.78 is 4.97. The number of carbonyl (C=O) groups excluding carboxylic acids is 1. The predicted molar refractivity (Wildman–Crippen MR) is 62.4 cm³/mol. The fourth-order valence-electron chi connectivity index (χ4n) is 1.40. The number of carbonyl (C=O) groups is 1. The molecule has 0 spiro atoms. The zero-order valence-electron chi connectivity index (χ0n) is 9.01. The minimum Gasteiger partial charge on any atom is -0.459 e. The van der Waals surface area contributed by atoms with E-state index in [1.54, 1.807) is 36.4 Å². The van der Waals surface area contributed by atoms with E-state index in [0.717, 1.165) is 5.56 Å². The maximum atomic E-state index is 11.6. The summed E-state index contributed by atoms with van der Waals surface area (Å²) in [7, 11) is 0. The Kier molecular flexibility index (Phi) is 3.22. The molecule has 4 heteroatoms. The molecule has 17 heavy (non-hydrogen) atoms. The summed E-state index contributed by atoms with van der Waals surface area (Å²) in [6, 6.07) is 12.4. The molecule has 0 aliphatic carbocycles. The first-order valence-corrected chi connectivity index (χ1v) is 5.10. The van der Waals surface area contributed by atoms with Gasteiger partial charge in [0, 0.05) is 5.69 Å². The zero-order valence-corrected chi connectivity index (χ0v) is 9.01. The minimum atomic E-state index is -0.289. The van der Waals surface area contributed by atoms with Gasteiger partial charge in [0.1, 0.15) is 0 Å². The summed E-state index contributed by atoms with van der Waals surface area (Å²) in [4.78, 5) is 11.6. The minimum absolute atomic E-state index is 0.270. The van der Waals surface area contributed by atoms with E-state index in [0.29, 0.717) is 12.1 Å². The number of furan rings is 1. The van der Waals surface area contributed by atoms with Crippen molar-refractivity contribution in [1.82, 2.24) is 0 Å². The van der Waals surface area contributed by atoms with E-state index in [-0.39, 0.29) is 11.7 Å². The lowest BCUT2D eigenvalue weighted by Crippen LogP contribution is -2.10. The Hall–Kier alpha value is -2.54. The molecular weight excluding hydrogens is 216 g/mol. The fourth-order valence-corrected chi connectivity index (χ4v) is 1.40. The lowest BCUT2D eigenvalue weighted by atomic mass is 10.1. The number of nitrogens with one attached hydrogen (secondary N) is 1. The molecule has 0 bridgehead atoms. The van der Waals surface area contributed by atoms with E-state index in [4.69, 9.17) is 9.68 Å². The van der Waals surface area contributed by atoms with Gasteiger partial charge in [0.05, 0.1) is 18.8 Å². The van der Waals surface area contributed by atoms with Gasteiger partial charge in [0.25, 0.3) is 5.91 Å². The van der Waals surface area contributed by atoms with Gasteiger partial charge in [-0.05, 0) is 29.8 Å². The van der Waals surface area contributed by atoms with Crippen LogP contribution in [0.25, 0.3) is 0 Å². The van der Waals surface area contributed by atoms with E-state index in [1.165, 1.54) is 6.26 Å². The summed E-state index contributed by atoms with van der Waals surface area (Å²) >= 11 is 0. The number of nitriles is 1. The van der Waals surface area contributed by atoms with Gasteiger partial charge in [0.2, 0.25) is 0 Å². The molecule has 0 unspecified atom stereocenters. The van der Waals surface area contributed by atoms with E-state index >= 15 is 0 Å². The van der Waals surface area contributed by atoms with Crippen LogP contribution in [0.4, 0.5) is 5.69 Å². The Labute approximate surface area is 98.5 Å². The highest BCUT2D eigenvalue weighted by Crippen LogP contribution is 2.11. The number of benzene rings is 1. The molecule has 0 saturated carbocycles. The van der Waals surface area contributed by atoms with Gasteiger partial charge in [0.15, 0.2) is 5.76 Å². The molecule has 0 fully saturated rings. The molecule has 1 aromatic heterocycles. The standard InChI is InChI=1S/C13H10N2O2/c14-8-7-10-3-5-11(6-4-10)15-13(16)12-2-1-9-17-12/h1-6,9H,7H2,(H,15,16). The highest BCUT2D eigenvalue weighted by atomic mass is 16.3. The van der Waals surface area contributed by atoms with Gasteiger partial charge in [-0.25, -0.2) is 0 Å². The normalized spacial score (nSPS) is 9.59. The first-order chi connectivity index (χ1) is 8.29. The second-order valence-electron chi connectivity index (χ2n) is 3.46. The Morgan fingerprint density at radius 3 is 2.65 bits per heavy atom. The third-order valence-electron chi connectivity index (χ3n) is 2.24. The highest BCUT2D eigenvalue weighted by molar-refractivity contribution is 6.02. The predicted octanol–water partition coefficient (Wildman–Crippen LogP) is 2.60. The maximum absolute atomic E-state index is 11.6. The molecule has 1 amide bonds. The van der Waals surface area contributed by atoms with Crippen LogP contribution in [0.1, 0.15) is 16.1 Å². The molecular formula is C13H10N2O2. The van der Waals surface area contributed by atoms with Crippen molar-refractivity contribution in [2.24, 2.45) is 0 Å². The van der Waals surface area contributed by atoms with Crippen LogP contribution in [0.15, 0.2) is 47.1 Å². The number of amides is 1. The molecule has 0 radical (unpaired) electrons. The van der Waals surface area contributed by atoms with Crippen LogP contribution >= 0.6 is 0 Å². The second kappa shape index (κ2) is 4.99. The molecule has 84 valence electrons. The Bertz CT molecular complexity index is 536. The summed E-state index contributed by atoms with van der Waals surface area (Å²) in [5.74, 6) is -0.0193. The molecule has 0 aliphatic heterocycles. The van der Waals surface area contributed by atoms with E-state index in [9.17, 15) is 4.79 Å². The first kappa shape index (κ1) is 11.0. The average molecular weight is 226 g/mol. The number of anilines is 1. The van der Waals surface area contributed by atoms with E-state index in [2.05, 4.69) is 11.4 Å². The summed E-state index contributed by atoms with van der Waals surface area (Å²) in [6.45, 7) is 0. The van der Waals surface area contributed by atoms with Crippen LogP contribution in [0.3, 0.4) is 0 Å². The van der Waals surface area contributed by atoms with Crippen LogP contribution in [0.2, 0.25) is 0 Å². The Morgan fingerprint density at radius 2 is 2.06 bits per heavy atom. The Morgan fingerprint density at radius 1 is 1.29 bits per heavy atom. The molecule has 2 rings (SSSR count). The molecule has 1 aromatic carbocycles. The van der Waals surface area contributed by atoms with Crippen molar-refractivity contribution in [3.63, 3.8) is 0 Å². The fraction of sp³-hybridized carbons (Fsp3) is 0.0769. The number of nitrogens with zero attached hydrogens (tertiary/aromatic N) is 1. The smallest absolute Gasteiger partial charge is 0.291 e. The molecule has 0 saturated heterocycles. The van der Waals surface area contributed by atoms with Crippen molar-refractivity contribution in [2.45, 2.75) is 6.42 Å². The molecule has 0 atom stereocenters. The van der Waals surface area contributed by atoms with Gasteiger partial charge in [-0.2, -0.15) is 5.26 Å². The quantitative estimate of drug-likeness (QED) is 0.874. The van der Waals surface area contributed by atoms with E-state index in [1.807, 2.05) is 0 Å². The topological polar surface area (TPSA) is 66.0 Å². The number of hydrogen-bond acceptors (Lipinski definition) is 3. The van der Waals surface area contributed by atoms with Crippen molar-refractivity contribution in [1.29, 1.82) is 5.26 Å². The van der Waals surface area contributed by atoms with Crippen molar-refractivity contribution in [2.75, 3.05) is 5.32 Å². The van der Waals surface area contributed by atoms with Crippen LogP contribution in [-0.2, 0) is 6.42 Å². The molecule has 0 aliphatic rings. The second-order valence-corrected chi connectivity index (χ2v) is 3.46. The van der Waals surface area contributed by atoms with Gasteiger partial charge >= 0.3 is 0 Å². The van der Waals surface area contributed by atoms with Crippen molar-refractivity contribution in [3.05, 3.63) is 54.0 Å². The van der Waals surface area contributed by atoms with Crippen LogP contribution in [0, 0.1) is 11.3 Å². The lowest BCUT2D eigenvalue weighted by molar-refractivity contribution is 0.0996. The third-order valence-corrected chi connectivity index (χ3v) is 2.24. The van der Waals surface area contributed by atoms with Crippen LogP contribution < -0.4 is 5.32 Å². The number of rotatable bonds is 3. The van der Waals surface area contributed by atoms with Gasteiger partial charge in [-0.1, -0.05) is 12.1 Å². The Balaban J connectivity index is 2.05. The van der Waals surface area contributed by atoms with E-state index < -0.39 is 0 Å². The molecule has 2 aromatic rings. The molecule has 1 heterocycles. The summed E-state index contributed by atoms with van der Waals surface area (Å²) in [5.41, 5.74) is 1.59. The number of hydrogen-bond donors (Lipinski definition) is 1. The van der Waals surface area contributed by atoms with Crippen molar-refractivity contribution in [3.8, 4) is 6.07 Å². The molecule has 1 N–H and O–H groups in total. The summed E-state index contributed by atoms with van der Waals surface area (Å²) in [6.07, 6.45) is 1.82. The van der Waals surface area contributed by atoms with Crippen molar-refractivity contribution < 1.29 is 9.21 Å². The first-order valence-electron chi connectivity index (χ1n) is 5.10. The third kappa shape index (κ3) is 2.73. The monoisotopic (exact) mass is 226 g/mol. The SMILES string of the molecule is N#CCc1ccc(NC(=O)c2ccco2)cc1. The van der Waals surface area contributed by atoms with Gasteiger partial charge in [-0.3, -0.25) is 4.79 Å². The van der Waals surface area contributed by atoms with Gasteiger partial charge < -0.3 is 9.73 Å². The highest BCUT2D eigenvalue weighted by Gasteiger charge is 2.07.